The Hall–Kier alpha value is -3.18. The fraction of sp³-hybridized carbons (Fsp3) is 0.321. The van der Waals surface area contributed by atoms with Gasteiger partial charge in [-0.15, -0.1) is 0 Å². The first-order chi connectivity index (χ1) is 16.1. The van der Waals surface area contributed by atoms with Gasteiger partial charge in [-0.3, -0.25) is 4.40 Å². The molecule has 1 saturated carbocycles. The van der Waals surface area contributed by atoms with E-state index in [9.17, 15) is 9.50 Å². The number of aliphatic hydroxyl groups is 1. The van der Waals surface area contributed by atoms with Crippen LogP contribution in [-0.2, 0) is 5.41 Å². The van der Waals surface area contributed by atoms with Gasteiger partial charge in [0.05, 0.1) is 12.3 Å². The minimum absolute atomic E-state index is 0.0620. The van der Waals surface area contributed by atoms with E-state index in [1.165, 1.54) is 47.2 Å². The summed E-state index contributed by atoms with van der Waals surface area (Å²) in [5.41, 5.74) is 6.89. The molecule has 2 aromatic carbocycles. The second kappa shape index (κ2) is 6.91. The largest absolute Gasteiger partial charge is 0.388 e. The second-order valence-corrected chi connectivity index (χ2v) is 10.0. The average molecular weight is 440 g/mol. The smallest absolute Gasteiger partial charge is 0.141 e. The van der Waals surface area contributed by atoms with E-state index in [0.29, 0.717) is 11.6 Å². The average Bonchev–Trinajstić information content (AvgIpc) is 3.38. The predicted octanol–water partition coefficient (Wildman–Crippen LogP) is 5.60. The number of benzene rings is 2. The van der Waals surface area contributed by atoms with Crippen molar-refractivity contribution in [3.8, 4) is 11.1 Å². The molecule has 7 rings (SSSR count). The molecule has 2 unspecified atom stereocenters. The van der Waals surface area contributed by atoms with Gasteiger partial charge in [-0.1, -0.05) is 36.4 Å². The summed E-state index contributed by atoms with van der Waals surface area (Å²) in [5, 5.41) is 11.1. The summed E-state index contributed by atoms with van der Waals surface area (Å²) in [6, 6.07) is 18.4. The fourth-order valence-electron chi connectivity index (χ4n) is 6.22. The highest BCUT2D eigenvalue weighted by atomic mass is 19.1. The third kappa shape index (κ3) is 2.95. The Kier molecular flexibility index (Phi) is 4.04. The summed E-state index contributed by atoms with van der Waals surface area (Å²) >= 11 is 0. The topological polar surface area (TPSA) is 40.8 Å². The van der Waals surface area contributed by atoms with Gasteiger partial charge in [-0.25, -0.2) is 9.37 Å². The van der Waals surface area contributed by atoms with Crippen molar-refractivity contribution in [3.63, 3.8) is 0 Å². The van der Waals surface area contributed by atoms with Gasteiger partial charge in [0.2, 0.25) is 0 Å². The van der Waals surface area contributed by atoms with E-state index in [-0.39, 0.29) is 11.2 Å². The van der Waals surface area contributed by atoms with E-state index in [2.05, 4.69) is 52.3 Å². The van der Waals surface area contributed by atoms with E-state index in [1.54, 1.807) is 6.20 Å². The molecule has 2 aliphatic carbocycles. The maximum Gasteiger partial charge on any atom is 0.141 e. The van der Waals surface area contributed by atoms with Gasteiger partial charge in [-0.05, 0) is 71.6 Å². The number of fused-ring (bicyclic) bond motifs is 3. The van der Waals surface area contributed by atoms with Crippen LogP contribution < -0.4 is 4.90 Å². The number of nitrogens with zero attached hydrogens (tertiary/aromatic N) is 3. The third-order valence-electron chi connectivity index (χ3n) is 7.99. The summed E-state index contributed by atoms with van der Waals surface area (Å²) in [6.45, 7) is 1.73. The lowest BCUT2D eigenvalue weighted by Crippen LogP contribution is -2.29. The lowest BCUT2D eigenvalue weighted by atomic mass is 9.80. The van der Waals surface area contributed by atoms with Gasteiger partial charge >= 0.3 is 0 Å². The number of aliphatic hydroxyl groups excluding tert-OH is 1. The van der Waals surface area contributed by atoms with Gasteiger partial charge in [0, 0.05) is 30.8 Å². The molecule has 1 saturated heterocycles. The lowest BCUT2D eigenvalue weighted by Gasteiger charge is -2.26. The zero-order valence-electron chi connectivity index (χ0n) is 18.4. The molecule has 3 heterocycles. The number of pyridine rings is 1. The molecule has 2 atom stereocenters. The maximum absolute atomic E-state index is 13.6. The Labute approximate surface area is 192 Å². The highest BCUT2D eigenvalue weighted by molar-refractivity contribution is 5.71. The van der Waals surface area contributed by atoms with Crippen molar-refractivity contribution < 1.29 is 9.50 Å². The van der Waals surface area contributed by atoms with Crippen LogP contribution in [-0.4, -0.2) is 27.6 Å². The SMILES string of the molecule is OC1CC2(CCN(c3cnc4cc(F)ccn34)C2)c2ccc(-c3ccccc3C3CC3)cc21. The van der Waals surface area contributed by atoms with E-state index < -0.39 is 6.10 Å². The van der Waals surface area contributed by atoms with Crippen LogP contribution in [0.5, 0.6) is 0 Å². The van der Waals surface area contributed by atoms with Crippen LogP contribution in [0.2, 0.25) is 0 Å². The maximum atomic E-state index is 13.6. The summed E-state index contributed by atoms with van der Waals surface area (Å²) in [6.07, 6.45) is 7.43. The Morgan fingerprint density at radius 1 is 1.03 bits per heavy atom. The van der Waals surface area contributed by atoms with Gasteiger partial charge in [0.1, 0.15) is 17.3 Å². The molecule has 3 aliphatic rings. The lowest BCUT2D eigenvalue weighted by molar-refractivity contribution is 0.158. The monoisotopic (exact) mass is 439 g/mol. The molecule has 1 spiro atoms. The summed E-state index contributed by atoms with van der Waals surface area (Å²) in [5.74, 6) is 1.40. The van der Waals surface area contributed by atoms with Crippen LogP contribution in [0.15, 0.2) is 67.0 Å². The highest BCUT2D eigenvalue weighted by Crippen LogP contribution is 2.52. The molecule has 4 aromatic rings. The Bertz CT molecular complexity index is 1390. The standard InChI is InChI=1S/C28H26FN3O/c29-20-9-11-32-26(14-20)30-16-27(32)31-12-10-28(17-31)15-25(33)23-13-19(7-8-24(23)28)22-4-2-1-3-21(22)18-5-6-18/h1-4,7-9,11,13-14,16,18,25,33H,5-6,10,12,15,17H2. The number of halogens is 1. The predicted molar refractivity (Wildman–Crippen MR) is 127 cm³/mol. The number of hydrogen-bond donors (Lipinski definition) is 1. The summed E-state index contributed by atoms with van der Waals surface area (Å²) in [4.78, 5) is 6.73. The molecular formula is C28H26FN3O. The molecule has 166 valence electrons. The van der Waals surface area contributed by atoms with Gasteiger partial charge in [-0.2, -0.15) is 0 Å². The molecule has 0 amide bonds. The summed E-state index contributed by atoms with van der Waals surface area (Å²) in [7, 11) is 0. The van der Waals surface area contributed by atoms with Crippen molar-refractivity contribution in [2.24, 2.45) is 0 Å². The van der Waals surface area contributed by atoms with Crippen molar-refractivity contribution in [2.75, 3.05) is 18.0 Å². The van der Waals surface area contributed by atoms with Crippen molar-refractivity contribution in [1.82, 2.24) is 9.38 Å². The van der Waals surface area contributed by atoms with Gasteiger partial charge < -0.3 is 10.0 Å². The minimum atomic E-state index is -0.440. The van der Waals surface area contributed by atoms with Crippen LogP contribution in [0, 0.1) is 5.82 Å². The fourth-order valence-corrected chi connectivity index (χ4v) is 6.22. The Morgan fingerprint density at radius 3 is 2.79 bits per heavy atom. The molecule has 5 heteroatoms. The van der Waals surface area contributed by atoms with E-state index in [0.717, 1.165) is 37.3 Å². The number of anilines is 1. The van der Waals surface area contributed by atoms with Gasteiger partial charge in [0.15, 0.2) is 0 Å². The Morgan fingerprint density at radius 2 is 1.91 bits per heavy atom. The first kappa shape index (κ1) is 19.3. The van der Waals surface area contributed by atoms with Crippen molar-refractivity contribution in [3.05, 3.63) is 89.5 Å². The molecule has 1 N–H and O–H groups in total. The van der Waals surface area contributed by atoms with Crippen LogP contribution in [0.4, 0.5) is 10.2 Å². The van der Waals surface area contributed by atoms with Gasteiger partial charge in [0.25, 0.3) is 0 Å². The zero-order chi connectivity index (χ0) is 22.2. The number of rotatable bonds is 3. The van der Waals surface area contributed by atoms with Crippen LogP contribution in [0.1, 0.15) is 54.4 Å². The molecule has 4 nitrogen and oxygen atoms in total. The molecular weight excluding hydrogens is 413 g/mol. The van der Waals surface area contributed by atoms with Crippen LogP contribution >= 0.6 is 0 Å². The van der Waals surface area contributed by atoms with Crippen molar-refractivity contribution in [2.45, 2.75) is 43.1 Å². The number of aromatic nitrogens is 2. The number of imidazole rings is 1. The third-order valence-corrected chi connectivity index (χ3v) is 7.99. The van der Waals surface area contributed by atoms with Crippen molar-refractivity contribution >= 4 is 11.5 Å². The molecule has 2 fully saturated rings. The molecule has 33 heavy (non-hydrogen) atoms. The van der Waals surface area contributed by atoms with E-state index in [4.69, 9.17) is 0 Å². The van der Waals surface area contributed by atoms with Crippen molar-refractivity contribution in [1.29, 1.82) is 0 Å². The molecule has 0 bridgehead atoms. The minimum Gasteiger partial charge on any atom is -0.388 e. The Balaban J connectivity index is 1.24. The second-order valence-electron chi connectivity index (χ2n) is 10.0. The summed E-state index contributed by atoms with van der Waals surface area (Å²) < 4.78 is 15.6. The normalized spacial score (nSPS) is 24.2. The van der Waals surface area contributed by atoms with Crippen LogP contribution in [0.3, 0.4) is 0 Å². The molecule has 2 aromatic heterocycles. The van der Waals surface area contributed by atoms with E-state index >= 15 is 0 Å². The molecule has 0 radical (unpaired) electrons. The number of hydrogen-bond acceptors (Lipinski definition) is 3. The zero-order valence-corrected chi connectivity index (χ0v) is 18.4. The molecule has 1 aliphatic heterocycles. The quantitative estimate of drug-likeness (QED) is 0.452. The first-order valence-corrected chi connectivity index (χ1v) is 11.9. The van der Waals surface area contributed by atoms with E-state index in [1.807, 2.05) is 10.6 Å². The highest BCUT2D eigenvalue weighted by Gasteiger charge is 2.48. The first-order valence-electron chi connectivity index (χ1n) is 11.9. The van der Waals surface area contributed by atoms with Crippen LogP contribution in [0.25, 0.3) is 16.8 Å².